The van der Waals surface area contributed by atoms with Crippen LogP contribution in [0.15, 0.2) is 6.58 Å². The van der Waals surface area contributed by atoms with Crippen molar-refractivity contribution in [1.82, 2.24) is 0 Å². The van der Waals surface area contributed by atoms with Crippen molar-refractivity contribution in [3.05, 3.63) is 12.7 Å². The molecule has 0 aliphatic rings. The molecule has 0 fully saturated rings. The average Bonchev–Trinajstić information content (AvgIpc) is 1.62. The first-order valence-electron chi connectivity index (χ1n) is 2.72. The van der Waals surface area contributed by atoms with Crippen molar-refractivity contribution in [3.8, 4) is 0 Å². The van der Waals surface area contributed by atoms with Crippen LogP contribution in [0.25, 0.3) is 0 Å². The molecule has 0 aromatic heterocycles. The Morgan fingerprint density at radius 2 is 2.00 bits per heavy atom. The average molecular weight is 127 g/mol. The first-order chi connectivity index (χ1) is 3.95. The van der Waals surface area contributed by atoms with E-state index in [0.717, 1.165) is 0 Å². The van der Waals surface area contributed by atoms with E-state index in [1.165, 1.54) is 0 Å². The number of carbonyl (C=O) groups is 1. The molecule has 0 N–H and O–H groups in total. The summed E-state index contributed by atoms with van der Waals surface area (Å²) in [6.45, 7) is 8.53. The lowest BCUT2D eigenvalue weighted by Crippen LogP contribution is -2.22. The number of carbonyl (C=O) groups excluding carboxylic acids is 1. The lowest BCUT2D eigenvalue weighted by atomic mass is 10.2. The van der Waals surface area contributed by atoms with Gasteiger partial charge >= 0.3 is 5.97 Å². The molecule has 2 nitrogen and oxygen atoms in total. The first kappa shape index (κ1) is 8.21. The molecule has 0 atom stereocenters. The van der Waals surface area contributed by atoms with Crippen LogP contribution in [-0.2, 0) is 9.53 Å². The second-order valence-corrected chi connectivity index (χ2v) is 2.68. The van der Waals surface area contributed by atoms with Crippen molar-refractivity contribution >= 4 is 5.97 Å². The van der Waals surface area contributed by atoms with Crippen LogP contribution in [0.1, 0.15) is 20.8 Å². The quantitative estimate of drug-likeness (QED) is 0.392. The van der Waals surface area contributed by atoms with Gasteiger partial charge in [0.1, 0.15) is 5.60 Å². The molecule has 51 valence electrons. The summed E-state index contributed by atoms with van der Waals surface area (Å²) in [6.07, 6.45) is 2.11. The van der Waals surface area contributed by atoms with Gasteiger partial charge in [-0.3, -0.25) is 0 Å². The predicted octanol–water partition coefficient (Wildman–Crippen LogP) is 1.32. The molecule has 0 aromatic carbocycles. The Balaban J connectivity index is 3.74. The predicted molar refractivity (Wildman–Crippen MR) is 34.7 cm³/mol. The molecule has 0 unspecified atom stereocenters. The highest BCUT2D eigenvalue weighted by molar-refractivity contribution is 5.77. The topological polar surface area (TPSA) is 26.3 Å². The molecule has 0 bridgehead atoms. The van der Waals surface area contributed by atoms with Crippen molar-refractivity contribution in [3.63, 3.8) is 0 Å². The third-order valence-corrected chi connectivity index (χ3v) is 0.543. The normalized spacial score (nSPS) is 10.6. The van der Waals surface area contributed by atoms with E-state index in [1.54, 1.807) is 20.8 Å². The maximum Gasteiger partial charge on any atom is 0.338 e. The zero-order chi connectivity index (χ0) is 7.49. The summed E-state index contributed by atoms with van der Waals surface area (Å²) < 4.78 is 4.77. The summed E-state index contributed by atoms with van der Waals surface area (Å²) in [5, 5.41) is 0. The smallest absolute Gasteiger partial charge is 0.338 e. The molecule has 0 aliphatic carbocycles. The minimum Gasteiger partial charge on any atom is -0.456 e. The first-order valence-corrected chi connectivity index (χ1v) is 2.72. The molecule has 0 aliphatic heterocycles. The van der Waals surface area contributed by atoms with Crippen LogP contribution < -0.4 is 0 Å². The third kappa shape index (κ3) is 5.07. The van der Waals surface area contributed by atoms with Gasteiger partial charge in [0.15, 0.2) is 0 Å². The summed E-state index contributed by atoms with van der Waals surface area (Å²) in [5.41, 5.74) is -0.429. The minimum absolute atomic E-state index is 0.429. The maximum absolute atomic E-state index is 10.4. The number of ether oxygens (including phenoxy) is 1. The third-order valence-electron chi connectivity index (χ3n) is 0.543. The van der Waals surface area contributed by atoms with Gasteiger partial charge in [-0.05, 0) is 20.8 Å². The molecular weight excluding hydrogens is 116 g/mol. The van der Waals surface area contributed by atoms with Crippen LogP contribution in [0.3, 0.4) is 0 Å². The van der Waals surface area contributed by atoms with E-state index in [9.17, 15) is 4.79 Å². The van der Waals surface area contributed by atoms with Crippen molar-refractivity contribution in [2.45, 2.75) is 26.4 Å². The second-order valence-electron chi connectivity index (χ2n) is 2.68. The van der Waals surface area contributed by atoms with Crippen LogP contribution in [-0.4, -0.2) is 11.6 Å². The summed E-state index contributed by atoms with van der Waals surface area (Å²) in [6, 6.07) is 0. The fourth-order valence-corrected chi connectivity index (χ4v) is 0.314. The fraction of sp³-hybridized carbons (Fsp3) is 0.571. The van der Waals surface area contributed by atoms with E-state index in [2.05, 4.69) is 12.7 Å². The standard InChI is InChI=1S/C7H11O2/c1-5-6(8)9-7(2,3)4/h1H2,2-4H3. The van der Waals surface area contributed by atoms with E-state index in [1.807, 2.05) is 0 Å². The Morgan fingerprint density at radius 1 is 1.56 bits per heavy atom. The van der Waals surface area contributed by atoms with Gasteiger partial charge in [-0.25, -0.2) is 4.79 Å². The Kier molecular flexibility index (Phi) is 2.43. The van der Waals surface area contributed by atoms with Crippen LogP contribution in [0.4, 0.5) is 0 Å². The molecule has 0 saturated carbocycles. The van der Waals surface area contributed by atoms with Crippen LogP contribution >= 0.6 is 0 Å². The Labute approximate surface area is 55.5 Å². The summed E-state index contributed by atoms with van der Waals surface area (Å²) in [4.78, 5) is 10.4. The fourth-order valence-electron chi connectivity index (χ4n) is 0.314. The number of hydrogen-bond acceptors (Lipinski definition) is 2. The van der Waals surface area contributed by atoms with Crippen LogP contribution in [0, 0.1) is 6.08 Å². The molecule has 0 amide bonds. The maximum atomic E-state index is 10.4. The Morgan fingerprint density at radius 3 is 2.11 bits per heavy atom. The van der Waals surface area contributed by atoms with E-state index < -0.39 is 11.6 Å². The highest BCUT2D eigenvalue weighted by Crippen LogP contribution is 2.06. The number of hydrogen-bond donors (Lipinski definition) is 0. The van der Waals surface area contributed by atoms with E-state index in [-0.39, 0.29) is 0 Å². The molecule has 0 rings (SSSR count). The Bertz CT molecular complexity index is 119. The van der Waals surface area contributed by atoms with Crippen molar-refractivity contribution in [2.75, 3.05) is 0 Å². The van der Waals surface area contributed by atoms with Gasteiger partial charge in [-0.1, -0.05) is 6.58 Å². The SMILES string of the molecule is C=[C]C(=O)OC(C)(C)C. The van der Waals surface area contributed by atoms with Gasteiger partial charge in [0.25, 0.3) is 0 Å². The molecule has 9 heavy (non-hydrogen) atoms. The molecular formula is C7H11O2. The molecule has 0 spiro atoms. The highest BCUT2D eigenvalue weighted by Gasteiger charge is 2.13. The van der Waals surface area contributed by atoms with Gasteiger partial charge < -0.3 is 4.74 Å². The highest BCUT2D eigenvalue weighted by atomic mass is 16.6. The van der Waals surface area contributed by atoms with Crippen molar-refractivity contribution in [2.24, 2.45) is 0 Å². The second kappa shape index (κ2) is 2.67. The lowest BCUT2D eigenvalue weighted by Gasteiger charge is -2.17. The monoisotopic (exact) mass is 127 g/mol. The zero-order valence-electron chi connectivity index (χ0n) is 6.02. The Hall–Kier alpha value is -0.790. The zero-order valence-corrected chi connectivity index (χ0v) is 6.02. The van der Waals surface area contributed by atoms with Crippen LogP contribution in [0.2, 0.25) is 0 Å². The van der Waals surface area contributed by atoms with Crippen molar-refractivity contribution in [1.29, 1.82) is 0 Å². The molecule has 0 saturated heterocycles. The van der Waals surface area contributed by atoms with Gasteiger partial charge in [0.05, 0.1) is 6.08 Å². The largest absolute Gasteiger partial charge is 0.456 e. The van der Waals surface area contributed by atoms with E-state index >= 15 is 0 Å². The molecule has 0 aromatic rings. The van der Waals surface area contributed by atoms with E-state index in [4.69, 9.17) is 4.74 Å². The summed E-state index contributed by atoms with van der Waals surface area (Å²) in [5.74, 6) is -0.498. The van der Waals surface area contributed by atoms with Crippen molar-refractivity contribution < 1.29 is 9.53 Å². The van der Waals surface area contributed by atoms with Gasteiger partial charge in [0, 0.05) is 0 Å². The molecule has 0 heterocycles. The van der Waals surface area contributed by atoms with E-state index in [0.29, 0.717) is 0 Å². The minimum atomic E-state index is -0.498. The lowest BCUT2D eigenvalue weighted by molar-refractivity contribution is -0.149. The number of rotatable bonds is 1. The molecule has 2 heteroatoms. The molecule has 1 radical (unpaired) electrons. The van der Waals surface area contributed by atoms with Gasteiger partial charge in [-0.2, -0.15) is 0 Å². The van der Waals surface area contributed by atoms with Gasteiger partial charge in [0.2, 0.25) is 0 Å². The summed E-state index contributed by atoms with van der Waals surface area (Å²) >= 11 is 0. The van der Waals surface area contributed by atoms with Gasteiger partial charge in [-0.15, -0.1) is 0 Å². The van der Waals surface area contributed by atoms with Crippen LogP contribution in [0.5, 0.6) is 0 Å². The summed E-state index contributed by atoms with van der Waals surface area (Å²) in [7, 11) is 0. The number of esters is 1.